The van der Waals surface area contributed by atoms with Gasteiger partial charge in [0.25, 0.3) is 0 Å². The molecule has 17 heteroatoms. The summed E-state index contributed by atoms with van der Waals surface area (Å²) in [6.07, 6.45) is 4.51. The van der Waals surface area contributed by atoms with E-state index in [1.54, 1.807) is 49.4 Å². The van der Waals surface area contributed by atoms with E-state index in [1.165, 1.54) is 21.0 Å². The molecule has 7 atom stereocenters. The Labute approximate surface area is 329 Å². The lowest BCUT2D eigenvalue weighted by atomic mass is 9.99. The van der Waals surface area contributed by atoms with Crippen molar-refractivity contribution in [2.75, 3.05) is 31.6 Å². The number of nitrogens with one attached hydrogen (secondary N) is 5. The Balaban J connectivity index is 1.17. The quantitative estimate of drug-likeness (QED) is 0.229. The molecule has 4 aliphatic heterocycles. The van der Waals surface area contributed by atoms with Crippen molar-refractivity contribution in [2.24, 2.45) is 5.92 Å². The number of fused-ring (bicyclic) bond motifs is 4. The van der Waals surface area contributed by atoms with Crippen molar-refractivity contribution >= 4 is 58.3 Å². The molecule has 0 aliphatic carbocycles. The molecule has 302 valence electrons. The second kappa shape index (κ2) is 17.0. The van der Waals surface area contributed by atoms with E-state index in [-0.39, 0.29) is 25.4 Å². The molecule has 5 N–H and O–H groups in total. The highest BCUT2D eigenvalue weighted by molar-refractivity contribution is 5.99. The van der Waals surface area contributed by atoms with Crippen molar-refractivity contribution in [1.82, 2.24) is 40.6 Å². The van der Waals surface area contributed by atoms with Gasteiger partial charge in [0.05, 0.1) is 17.4 Å². The molecule has 3 aromatic rings. The van der Waals surface area contributed by atoms with Crippen LogP contribution in [0.4, 0.5) is 10.5 Å². The zero-order valence-corrected chi connectivity index (χ0v) is 32.1. The molecule has 7 amide bonds. The third-order valence-corrected chi connectivity index (χ3v) is 11.3. The summed E-state index contributed by atoms with van der Waals surface area (Å²) < 4.78 is 5.76. The maximum atomic E-state index is 14.5. The van der Waals surface area contributed by atoms with Gasteiger partial charge in [0.2, 0.25) is 29.5 Å². The summed E-state index contributed by atoms with van der Waals surface area (Å²) in [7, 11) is 0. The molecule has 0 spiro atoms. The lowest BCUT2D eigenvalue weighted by Gasteiger charge is -2.39. The van der Waals surface area contributed by atoms with Crippen molar-refractivity contribution < 1.29 is 38.3 Å². The van der Waals surface area contributed by atoms with Crippen molar-refractivity contribution in [1.29, 1.82) is 0 Å². The number of piperidine rings is 1. The summed E-state index contributed by atoms with van der Waals surface area (Å²) >= 11 is 0. The Morgan fingerprint density at radius 3 is 2.44 bits per heavy atom. The van der Waals surface area contributed by atoms with E-state index in [2.05, 4.69) is 31.2 Å². The first-order valence-electron chi connectivity index (χ1n) is 19.7. The first-order chi connectivity index (χ1) is 27.5. The number of nitrogens with zero attached hydrogens (tertiary/aromatic N) is 4. The highest BCUT2D eigenvalue weighted by Crippen LogP contribution is 2.28. The third-order valence-electron chi connectivity index (χ3n) is 11.3. The van der Waals surface area contributed by atoms with Crippen molar-refractivity contribution in [3.8, 4) is 0 Å². The van der Waals surface area contributed by atoms with Gasteiger partial charge in [0.1, 0.15) is 42.9 Å². The maximum Gasteiger partial charge on any atom is 0.328 e. The Morgan fingerprint density at radius 2 is 1.63 bits per heavy atom. The molecule has 7 rings (SSSR count). The van der Waals surface area contributed by atoms with Gasteiger partial charge in [-0.15, -0.1) is 0 Å². The highest BCUT2D eigenvalue weighted by Gasteiger charge is 2.46. The largest absolute Gasteiger partial charge is 0.461 e. The first-order valence-corrected chi connectivity index (χ1v) is 19.7. The molecule has 0 unspecified atom stereocenters. The van der Waals surface area contributed by atoms with E-state index >= 15 is 0 Å². The molecule has 4 saturated heterocycles. The summed E-state index contributed by atoms with van der Waals surface area (Å²) in [5, 5.41) is 11.0. The summed E-state index contributed by atoms with van der Waals surface area (Å²) in [5.74, 6) is -3.50. The number of urea groups is 1. The van der Waals surface area contributed by atoms with E-state index in [0.717, 1.165) is 5.56 Å². The van der Waals surface area contributed by atoms with Crippen LogP contribution in [0, 0.1) is 5.92 Å². The van der Waals surface area contributed by atoms with Gasteiger partial charge in [-0.25, -0.2) is 14.6 Å². The number of esters is 1. The molecule has 17 nitrogen and oxygen atoms in total. The van der Waals surface area contributed by atoms with E-state index in [9.17, 15) is 33.6 Å². The molecule has 0 radical (unpaired) electrons. The van der Waals surface area contributed by atoms with Crippen LogP contribution in [0.3, 0.4) is 0 Å². The fraction of sp³-hybridized carbons (Fsp3) is 0.500. The topological polar surface area (TPSA) is 215 Å². The number of aromatic nitrogens is 2. The average Bonchev–Trinajstić information content (AvgIpc) is 3.98. The van der Waals surface area contributed by atoms with Gasteiger partial charge in [-0.1, -0.05) is 37.3 Å². The van der Waals surface area contributed by atoms with Crippen LogP contribution >= 0.6 is 0 Å². The van der Waals surface area contributed by atoms with E-state index < -0.39 is 84.4 Å². The van der Waals surface area contributed by atoms with Gasteiger partial charge in [-0.2, -0.15) is 0 Å². The first kappa shape index (κ1) is 39.2. The molecule has 0 bridgehead atoms. The van der Waals surface area contributed by atoms with Crippen LogP contribution < -0.4 is 21.3 Å². The van der Waals surface area contributed by atoms with Gasteiger partial charge < -0.3 is 45.7 Å². The summed E-state index contributed by atoms with van der Waals surface area (Å²) in [4.78, 5) is 109. The second-order valence-electron chi connectivity index (χ2n) is 15.5. The molecule has 57 heavy (non-hydrogen) atoms. The molecular formula is C40H49N9O8. The summed E-state index contributed by atoms with van der Waals surface area (Å²) in [6, 6.07) is 7.11. The molecule has 2 aromatic carbocycles. The van der Waals surface area contributed by atoms with E-state index in [1.807, 2.05) is 13.0 Å². The number of hydrogen-bond donors (Lipinski definition) is 5. The third kappa shape index (κ3) is 8.71. The molecular weight excluding hydrogens is 734 g/mol. The summed E-state index contributed by atoms with van der Waals surface area (Å²) in [5.41, 5.74) is 2.59. The smallest absolute Gasteiger partial charge is 0.328 e. The lowest BCUT2D eigenvalue weighted by molar-refractivity contribution is -0.158. The SMILES string of the molecule is C[C@H]1C[C@H]2C(=O)OC[C@H](NC(=O)[C@H](Cc3ccccc3)NC(=O)Nc3ccc4nc[nH]c4c3)C(=O)N3CCC[C@H]3C(=O)N3CCCC[C@H]3C(=O)N[C@@H](C)C(=O)N2C1. The minimum absolute atomic E-state index is 0.0530. The number of carbonyl (C=O) groups excluding carboxylic acids is 7. The van der Waals surface area contributed by atoms with Gasteiger partial charge in [0, 0.05) is 31.7 Å². The van der Waals surface area contributed by atoms with Crippen molar-refractivity contribution in [2.45, 2.75) is 95.0 Å². The Kier molecular flexibility index (Phi) is 11.7. The predicted octanol–water partition coefficient (Wildman–Crippen LogP) is 1.45. The number of amides is 7. The molecule has 4 aliphatic rings. The van der Waals surface area contributed by atoms with Gasteiger partial charge in [-0.05, 0) is 75.1 Å². The second-order valence-corrected chi connectivity index (χ2v) is 15.5. The lowest BCUT2D eigenvalue weighted by Crippen LogP contribution is -2.62. The average molecular weight is 784 g/mol. The number of imidazole rings is 1. The zero-order valence-electron chi connectivity index (χ0n) is 32.1. The fourth-order valence-electron chi connectivity index (χ4n) is 8.39. The minimum Gasteiger partial charge on any atom is -0.461 e. The van der Waals surface area contributed by atoms with Crippen LogP contribution in [0.1, 0.15) is 57.9 Å². The summed E-state index contributed by atoms with van der Waals surface area (Å²) in [6.45, 7) is 3.65. The highest BCUT2D eigenvalue weighted by atomic mass is 16.5. The maximum absolute atomic E-state index is 14.5. The van der Waals surface area contributed by atoms with Crippen LogP contribution in [0.25, 0.3) is 11.0 Å². The van der Waals surface area contributed by atoms with Gasteiger partial charge in [-0.3, -0.25) is 24.0 Å². The van der Waals surface area contributed by atoms with Crippen molar-refractivity contribution in [3.05, 3.63) is 60.4 Å². The number of carbonyl (C=O) groups is 7. The van der Waals surface area contributed by atoms with Crippen LogP contribution in [-0.2, 0) is 39.9 Å². The van der Waals surface area contributed by atoms with Crippen LogP contribution in [0.2, 0.25) is 0 Å². The number of rotatable bonds is 6. The van der Waals surface area contributed by atoms with Crippen molar-refractivity contribution in [3.63, 3.8) is 0 Å². The number of benzene rings is 2. The number of hydrogen-bond acceptors (Lipinski definition) is 9. The van der Waals surface area contributed by atoms with Crippen LogP contribution in [-0.4, -0.2) is 129 Å². The zero-order chi connectivity index (χ0) is 40.2. The number of ether oxygens (including phenoxy) is 1. The number of aromatic amines is 1. The van der Waals surface area contributed by atoms with E-state index in [0.29, 0.717) is 61.8 Å². The Bertz CT molecular complexity index is 2020. The number of anilines is 1. The monoisotopic (exact) mass is 783 g/mol. The Hall–Kier alpha value is -6.00. The molecule has 1 aromatic heterocycles. The molecule has 5 heterocycles. The Morgan fingerprint density at radius 1 is 0.877 bits per heavy atom. The molecule has 0 saturated carbocycles. The minimum atomic E-state index is -1.45. The fourth-order valence-corrected chi connectivity index (χ4v) is 8.39. The van der Waals surface area contributed by atoms with Crippen LogP contribution in [0.5, 0.6) is 0 Å². The van der Waals surface area contributed by atoms with Gasteiger partial charge in [0.15, 0.2) is 0 Å². The normalized spacial score (nSPS) is 26.6. The number of H-pyrrole nitrogens is 1. The van der Waals surface area contributed by atoms with Crippen LogP contribution in [0.15, 0.2) is 54.9 Å². The van der Waals surface area contributed by atoms with E-state index in [4.69, 9.17) is 4.74 Å². The standard InChI is InChI=1S/C40H49N9O8/c1-23-17-33-39(55)57-21-30(45-34(50)29(18-25-9-4-3-5-10-25)46-40(56)44-26-13-14-27-28(19-26)42-22-41-27)37(53)48-16-8-12-32(48)38(54)47-15-7-6-11-31(47)35(51)43-24(2)36(52)49(33)20-23/h3-5,9-10,13-14,19,22-24,29-33H,6-8,11-12,15-18,20-21H2,1-2H3,(H,41,42)(H,43,51)(H,45,50)(H2,44,46,56)/t23-,24-,29-,30-,31-,32-,33-/m0/s1. The predicted molar refractivity (Wildman–Crippen MR) is 206 cm³/mol. The van der Waals surface area contributed by atoms with Gasteiger partial charge >= 0.3 is 12.0 Å². The molecule has 4 fully saturated rings. The number of cyclic esters (lactones) is 1.